The van der Waals surface area contributed by atoms with E-state index in [1.807, 2.05) is 32.0 Å². The van der Waals surface area contributed by atoms with E-state index in [9.17, 15) is 9.59 Å². The molecule has 0 aliphatic rings. The van der Waals surface area contributed by atoms with Gasteiger partial charge in [0, 0.05) is 12.1 Å². The minimum atomic E-state index is -0.243. The Hall–Kier alpha value is -1.82. The number of carbonyl (C=O) groups is 1. The topological polar surface area (TPSA) is 67.8 Å². The molecule has 1 N–H and O–H groups in total. The molecule has 1 aromatic carbocycles. The number of hydrogen-bond acceptors (Lipinski definition) is 4. The molecule has 0 radical (unpaired) electrons. The first kappa shape index (κ1) is 13.6. The Morgan fingerprint density at radius 2 is 2.26 bits per heavy atom. The van der Waals surface area contributed by atoms with Crippen molar-refractivity contribution in [2.24, 2.45) is 0 Å². The van der Waals surface area contributed by atoms with Gasteiger partial charge in [0.15, 0.2) is 10.9 Å². The van der Waals surface area contributed by atoms with Crippen LogP contribution in [0.3, 0.4) is 0 Å². The molecule has 6 heteroatoms. The van der Waals surface area contributed by atoms with Crippen molar-refractivity contribution in [2.75, 3.05) is 5.75 Å². The molecule has 0 bridgehead atoms. The van der Waals surface area contributed by atoms with Crippen molar-refractivity contribution in [3.63, 3.8) is 0 Å². The highest BCUT2D eigenvalue weighted by molar-refractivity contribution is 7.99. The molecule has 0 unspecified atom stereocenters. The summed E-state index contributed by atoms with van der Waals surface area (Å²) in [6.07, 6.45) is 0. The minimum absolute atomic E-state index is 0.0341. The largest absolute Gasteiger partial charge is 0.343 e. The molecule has 0 amide bonds. The van der Waals surface area contributed by atoms with Gasteiger partial charge >= 0.3 is 5.69 Å². The summed E-state index contributed by atoms with van der Waals surface area (Å²) in [5.74, 6) is 0.306. The minimum Gasteiger partial charge on any atom is -0.293 e. The van der Waals surface area contributed by atoms with Crippen molar-refractivity contribution in [1.29, 1.82) is 0 Å². The number of benzene rings is 1. The van der Waals surface area contributed by atoms with Crippen molar-refractivity contribution >= 4 is 17.5 Å². The lowest BCUT2D eigenvalue weighted by molar-refractivity contribution is 0.102. The van der Waals surface area contributed by atoms with Gasteiger partial charge in [-0.05, 0) is 19.9 Å². The van der Waals surface area contributed by atoms with Crippen molar-refractivity contribution in [3.05, 3.63) is 45.9 Å². The second-order valence-corrected chi connectivity index (χ2v) is 5.08. The molecule has 0 fully saturated rings. The van der Waals surface area contributed by atoms with E-state index < -0.39 is 0 Å². The van der Waals surface area contributed by atoms with Crippen molar-refractivity contribution in [1.82, 2.24) is 14.8 Å². The molecular formula is C13H15N3O2S. The van der Waals surface area contributed by atoms with Gasteiger partial charge in [-0.25, -0.2) is 9.89 Å². The van der Waals surface area contributed by atoms with Crippen LogP contribution in [-0.4, -0.2) is 26.3 Å². The monoisotopic (exact) mass is 277 g/mol. The Labute approximate surface area is 115 Å². The van der Waals surface area contributed by atoms with E-state index in [1.165, 1.54) is 16.3 Å². The van der Waals surface area contributed by atoms with E-state index in [-0.39, 0.29) is 17.2 Å². The van der Waals surface area contributed by atoms with E-state index in [4.69, 9.17) is 0 Å². The van der Waals surface area contributed by atoms with Crippen LogP contribution in [0.25, 0.3) is 0 Å². The third-order valence-electron chi connectivity index (χ3n) is 2.71. The summed E-state index contributed by atoms with van der Waals surface area (Å²) in [5, 5.41) is 6.84. The third-order valence-corrected chi connectivity index (χ3v) is 3.69. The van der Waals surface area contributed by atoms with Gasteiger partial charge in [0.05, 0.1) is 5.75 Å². The summed E-state index contributed by atoms with van der Waals surface area (Å²) in [7, 11) is 0. The molecule has 0 aliphatic carbocycles. The van der Waals surface area contributed by atoms with E-state index in [0.29, 0.717) is 17.3 Å². The SMILES string of the molecule is CCn1c(SCC(=O)c2cccc(C)c2)n[nH]c1=O. The van der Waals surface area contributed by atoms with Gasteiger partial charge in [0.2, 0.25) is 0 Å². The van der Waals surface area contributed by atoms with Crippen LogP contribution in [-0.2, 0) is 6.54 Å². The number of aromatic amines is 1. The quantitative estimate of drug-likeness (QED) is 0.669. The smallest absolute Gasteiger partial charge is 0.293 e. The second kappa shape index (κ2) is 5.88. The second-order valence-electron chi connectivity index (χ2n) is 4.14. The maximum absolute atomic E-state index is 12.0. The number of nitrogens with one attached hydrogen (secondary N) is 1. The molecule has 2 rings (SSSR count). The van der Waals surface area contributed by atoms with E-state index >= 15 is 0 Å². The highest BCUT2D eigenvalue weighted by Gasteiger charge is 2.11. The predicted molar refractivity (Wildman–Crippen MR) is 74.8 cm³/mol. The van der Waals surface area contributed by atoms with Crippen LogP contribution >= 0.6 is 11.8 Å². The molecule has 1 aromatic heterocycles. The summed E-state index contributed by atoms with van der Waals surface area (Å²) in [4.78, 5) is 23.4. The number of aromatic nitrogens is 3. The fourth-order valence-electron chi connectivity index (χ4n) is 1.72. The first-order chi connectivity index (χ1) is 9.11. The molecule has 0 aliphatic heterocycles. The van der Waals surface area contributed by atoms with E-state index in [0.717, 1.165) is 5.56 Å². The average molecular weight is 277 g/mol. The molecule has 0 atom stereocenters. The number of ketones is 1. The van der Waals surface area contributed by atoms with Crippen LogP contribution in [0.15, 0.2) is 34.2 Å². The number of Topliss-reactive ketones (excluding diaryl/α,β-unsaturated/α-hetero) is 1. The average Bonchev–Trinajstić information content (AvgIpc) is 2.76. The first-order valence-corrected chi connectivity index (χ1v) is 6.98. The molecule has 1 heterocycles. The van der Waals surface area contributed by atoms with Gasteiger partial charge in [-0.1, -0.05) is 35.5 Å². The van der Waals surface area contributed by atoms with Gasteiger partial charge < -0.3 is 0 Å². The fourth-order valence-corrected chi connectivity index (χ4v) is 2.63. The molecule has 0 spiro atoms. The zero-order valence-electron chi connectivity index (χ0n) is 10.8. The standard InChI is InChI=1S/C13H15N3O2S/c1-3-16-12(18)14-15-13(16)19-8-11(17)10-6-4-5-9(2)7-10/h4-7H,3,8H2,1-2H3,(H,14,18). The molecule has 19 heavy (non-hydrogen) atoms. The van der Waals surface area contributed by atoms with Crippen molar-refractivity contribution < 1.29 is 4.79 Å². The molecule has 0 saturated carbocycles. The number of carbonyl (C=O) groups excluding carboxylic acids is 1. The van der Waals surface area contributed by atoms with Gasteiger partial charge in [-0.3, -0.25) is 9.36 Å². The van der Waals surface area contributed by atoms with Gasteiger partial charge in [0.1, 0.15) is 0 Å². The predicted octanol–water partition coefficient (Wildman–Crippen LogP) is 1.87. The van der Waals surface area contributed by atoms with Gasteiger partial charge in [-0.15, -0.1) is 5.10 Å². The van der Waals surface area contributed by atoms with Crippen LogP contribution in [0.1, 0.15) is 22.8 Å². The van der Waals surface area contributed by atoms with Gasteiger partial charge in [-0.2, -0.15) is 0 Å². The molecule has 0 saturated heterocycles. The van der Waals surface area contributed by atoms with Crippen LogP contribution in [0.2, 0.25) is 0 Å². The Bertz CT molecular complexity index is 645. The summed E-state index contributed by atoms with van der Waals surface area (Å²) < 4.78 is 1.51. The number of rotatable bonds is 5. The van der Waals surface area contributed by atoms with E-state index in [2.05, 4.69) is 10.2 Å². The highest BCUT2D eigenvalue weighted by Crippen LogP contribution is 2.15. The molecular weight excluding hydrogens is 262 g/mol. The number of H-pyrrole nitrogens is 1. The Morgan fingerprint density at radius 3 is 2.95 bits per heavy atom. The zero-order valence-corrected chi connectivity index (χ0v) is 11.7. The molecule has 5 nitrogen and oxygen atoms in total. The zero-order chi connectivity index (χ0) is 13.8. The van der Waals surface area contributed by atoms with Crippen molar-refractivity contribution in [3.8, 4) is 0 Å². The molecule has 100 valence electrons. The summed E-state index contributed by atoms with van der Waals surface area (Å²) in [6, 6.07) is 7.48. The molecule has 2 aromatic rings. The lowest BCUT2D eigenvalue weighted by Crippen LogP contribution is -2.16. The van der Waals surface area contributed by atoms with Crippen LogP contribution < -0.4 is 5.69 Å². The normalized spacial score (nSPS) is 10.6. The maximum Gasteiger partial charge on any atom is 0.343 e. The number of aryl methyl sites for hydroxylation is 1. The number of hydrogen-bond donors (Lipinski definition) is 1. The summed E-state index contributed by atoms with van der Waals surface area (Å²) >= 11 is 1.27. The van der Waals surface area contributed by atoms with Crippen molar-refractivity contribution in [2.45, 2.75) is 25.5 Å². The first-order valence-electron chi connectivity index (χ1n) is 5.99. The Morgan fingerprint density at radius 1 is 1.47 bits per heavy atom. The number of nitrogens with zero attached hydrogens (tertiary/aromatic N) is 2. The number of thioether (sulfide) groups is 1. The fraction of sp³-hybridized carbons (Fsp3) is 0.308. The van der Waals surface area contributed by atoms with Crippen LogP contribution in [0.5, 0.6) is 0 Å². The summed E-state index contributed by atoms with van der Waals surface area (Å²) in [5.41, 5.74) is 1.50. The van der Waals surface area contributed by atoms with Crippen LogP contribution in [0, 0.1) is 6.92 Å². The Balaban J connectivity index is 2.06. The van der Waals surface area contributed by atoms with E-state index in [1.54, 1.807) is 6.07 Å². The maximum atomic E-state index is 12.0. The lowest BCUT2D eigenvalue weighted by atomic mass is 10.1. The summed E-state index contributed by atoms with van der Waals surface area (Å²) in [6.45, 7) is 4.35. The lowest BCUT2D eigenvalue weighted by Gasteiger charge is -2.03. The van der Waals surface area contributed by atoms with Gasteiger partial charge in [0.25, 0.3) is 0 Å². The van der Waals surface area contributed by atoms with Crippen LogP contribution in [0.4, 0.5) is 0 Å². The Kier molecular flexibility index (Phi) is 4.21. The third kappa shape index (κ3) is 3.14. The highest BCUT2D eigenvalue weighted by atomic mass is 32.2.